The van der Waals surface area contributed by atoms with Crippen molar-refractivity contribution in [2.75, 3.05) is 0 Å². The second kappa shape index (κ2) is 107. The molecule has 268 valence electrons. The fourth-order valence-electron chi connectivity index (χ4n) is 0. The predicted molar refractivity (Wildman–Crippen MR) is 19.1 cm³/mol. The molecule has 0 aromatic heterocycles. The first-order valence-corrected chi connectivity index (χ1v) is 27.8. The quantitative estimate of drug-likeness (QED) is 0.203. The van der Waals surface area contributed by atoms with Crippen LogP contribution in [0.25, 0.3) is 0 Å². The van der Waals surface area contributed by atoms with Gasteiger partial charge in [0, 0.05) is 0 Å². The second-order valence-electron chi connectivity index (χ2n) is 2.75. The minimum absolute atomic E-state index is 0. The first-order valence-electron chi connectivity index (χ1n) is 6.74. The zero-order chi connectivity index (χ0) is 39.4. The average molecular weight is 1840 g/mol. The molecule has 0 saturated heterocycles. The monoisotopic (exact) mass is 1840 g/mol. The van der Waals surface area contributed by atoms with Crippen LogP contribution in [-0.2, 0) is 339 Å². The van der Waals surface area contributed by atoms with Crippen LogP contribution in [0.5, 0.6) is 0 Å². The van der Waals surface area contributed by atoms with Gasteiger partial charge in [0.15, 0.2) is 0 Å². The van der Waals surface area contributed by atoms with Gasteiger partial charge in [0.2, 0.25) is 0 Å². The fourth-order valence-corrected chi connectivity index (χ4v) is 0. The maximum Gasteiger partial charge on any atom is 4.00 e. The van der Waals surface area contributed by atoms with Gasteiger partial charge in [-0.1, -0.05) is 0 Å². The van der Waals surface area contributed by atoms with Crippen LogP contribution >= 0.6 is 0 Å². The molecule has 0 spiro atoms. The zero-order valence-corrected chi connectivity index (χ0v) is 56.1. The van der Waals surface area contributed by atoms with E-state index in [2.05, 4.69) is 0 Å². The summed E-state index contributed by atoms with van der Waals surface area (Å²) in [7, 11) is 0. The van der Waals surface area contributed by atoms with Crippen LogP contribution in [-0.4, -0.2) is 54.6 Å². The van der Waals surface area contributed by atoms with E-state index in [1.54, 1.807) is 0 Å². The van der Waals surface area contributed by atoms with E-state index in [1.807, 2.05) is 0 Å². The van der Waals surface area contributed by atoms with Crippen molar-refractivity contribution >= 4 is 54.6 Å². The van der Waals surface area contributed by atoms with Crippen LogP contribution in [0.3, 0.4) is 0 Å². The molecule has 50 heteroatoms. The van der Waals surface area contributed by atoms with E-state index in [4.69, 9.17) is 118 Å². The molecule has 0 bridgehead atoms. The number of hydrogen-bond donors (Lipinski definition) is 0. The van der Waals surface area contributed by atoms with Crippen molar-refractivity contribution in [3.05, 3.63) is 0 Å². The topological polar surface area (TPSA) is 695 Å². The van der Waals surface area contributed by atoms with Crippen LogP contribution in [0.1, 0.15) is 0 Å². The summed E-state index contributed by atoms with van der Waals surface area (Å²) in [4.78, 5) is 0. The summed E-state index contributed by atoms with van der Waals surface area (Å²) in [5.41, 5.74) is 0. The van der Waals surface area contributed by atoms with Gasteiger partial charge in [0.25, 0.3) is 0 Å². The Morgan fingerprint density at radius 3 is 0.180 bits per heavy atom. The summed E-state index contributed by atoms with van der Waals surface area (Å²) < 4.78 is 283. The number of rotatable bonds is 0. The van der Waals surface area contributed by atoms with E-state index in [1.165, 1.54) is 0 Å². The van der Waals surface area contributed by atoms with Crippen molar-refractivity contribution < 1.29 is 420 Å². The Balaban J connectivity index is -0.0000000158. The van der Waals surface area contributed by atoms with Gasteiger partial charge in [-0.2, -0.15) is 0 Å². The van der Waals surface area contributed by atoms with Gasteiger partial charge >= 0.3 is 474 Å². The first kappa shape index (κ1) is 113. The predicted octanol–water partition coefficient (Wildman–Crippen LogP) is -28.3. The Labute approximate surface area is 463 Å². The Hall–Kier alpha value is 9.87. The van der Waals surface area contributed by atoms with E-state index in [0.717, 1.165) is 0 Å². The van der Waals surface area contributed by atoms with Crippen molar-refractivity contribution in [1.82, 2.24) is 0 Å². The van der Waals surface area contributed by atoms with Crippen LogP contribution in [0, 0.1) is 0 Å². The van der Waals surface area contributed by atoms with Gasteiger partial charge in [-0.3, -0.25) is 0 Å². The van der Waals surface area contributed by atoms with Crippen LogP contribution in [0.15, 0.2) is 0 Å². The number of hydrogen-bond acceptors (Lipinski definition) is 33. The molecule has 0 fully saturated rings. The minimum Gasteiger partial charge on any atom is 2.00 e. The molecule has 0 atom stereocenters. The summed E-state index contributed by atoms with van der Waals surface area (Å²) in [6.07, 6.45) is 0. The standard InChI is InChI=1S/2Nb.33O.2Pb.11Ti.2Zr/q2*+5;;;;;;;;;;;;22*-1;2*+2;;;;;;;;;;;;2*+4. The third-order valence-electron chi connectivity index (χ3n) is 0. The molecule has 0 rings (SSSR count). The van der Waals surface area contributed by atoms with E-state index >= 15 is 0 Å². The smallest absolute Gasteiger partial charge is 2.00 e. The molecule has 0 aromatic carbocycles. The SMILES string of the molecule is [Nb+5].[Nb+5].[O]=[Ti]([O-])[O-].[O]=[Ti]([O-])[O-].[O]=[Ti]([O-])[O-].[O]=[Ti]([O-])[O-].[O]=[Ti]([O-])[O-].[O]=[Ti]([O-])[O-].[O]=[Ti]([O-])[O-].[O]=[Ti]([O-])[O-].[O]=[Ti]([O-])[O-].[O]=[Ti]([O-])[O-].[O]=[Ti]([O-])[O-].[Pb+2].[Pb+2].[Zr+4].[Zr+4]. The third-order valence-corrected chi connectivity index (χ3v) is 0. The van der Waals surface area contributed by atoms with Crippen molar-refractivity contribution in [2.24, 2.45) is 0 Å². The molecule has 0 amide bonds. The molecule has 33 nitrogen and oxygen atoms in total. The Bertz CT molecular complexity index is 553. The Morgan fingerprint density at radius 1 is 0.180 bits per heavy atom. The molecule has 0 heterocycles. The molecule has 0 aliphatic rings. The molecule has 50 heavy (non-hydrogen) atoms. The van der Waals surface area contributed by atoms with E-state index < -0.39 is 205 Å². The third kappa shape index (κ3) is 1920. The molecule has 0 N–H and O–H groups in total. The van der Waals surface area contributed by atoms with Crippen molar-refractivity contribution in [1.29, 1.82) is 0 Å². The van der Waals surface area contributed by atoms with Crippen molar-refractivity contribution in [3.8, 4) is 0 Å². The van der Waals surface area contributed by atoms with E-state index in [9.17, 15) is 0 Å². The van der Waals surface area contributed by atoms with Gasteiger partial charge < -0.3 is 0 Å². The van der Waals surface area contributed by atoms with Gasteiger partial charge in [-0.15, -0.1) is 0 Å². The van der Waals surface area contributed by atoms with Gasteiger partial charge in [-0.05, 0) is 0 Å². The van der Waals surface area contributed by atoms with Gasteiger partial charge in [0.05, 0.1) is 0 Å². The van der Waals surface area contributed by atoms with Gasteiger partial charge in [0.1, 0.15) is 0 Å². The van der Waals surface area contributed by atoms with Crippen LogP contribution in [0.4, 0.5) is 0 Å². The summed E-state index contributed by atoms with van der Waals surface area (Å²) in [6.45, 7) is 0. The van der Waals surface area contributed by atoms with Crippen LogP contribution in [0.2, 0.25) is 0 Å². The molecule has 0 aliphatic carbocycles. The molecule has 0 saturated carbocycles. The Kier molecular flexibility index (Phi) is 242. The first-order chi connectivity index (χ1) is 19.1. The molecular formula is Nb2O33Pb2Ti11Zr2. The second-order valence-corrected chi connectivity index (χ2v) is 11.3. The van der Waals surface area contributed by atoms with Crippen LogP contribution < -0.4 is 81.1 Å². The zero-order valence-electron chi connectivity index (χ0n) is 21.9. The molecule has 0 aliphatic heterocycles. The molecular weight excluding hydrogens is 1840 g/mol. The largest absolute Gasteiger partial charge is 4.00 e. The van der Waals surface area contributed by atoms with E-state index in [0.29, 0.717) is 0 Å². The van der Waals surface area contributed by atoms with Crippen molar-refractivity contribution in [2.45, 2.75) is 0 Å². The van der Waals surface area contributed by atoms with E-state index in [-0.39, 0.29) is 152 Å². The summed E-state index contributed by atoms with van der Waals surface area (Å²) >= 11 is -44.9. The van der Waals surface area contributed by atoms with Gasteiger partial charge in [-0.25, -0.2) is 0 Å². The average Bonchev–Trinajstić information content (AvgIpc) is 2.55. The van der Waals surface area contributed by atoms with Crippen molar-refractivity contribution in [3.63, 3.8) is 0 Å². The molecule has 4 radical (unpaired) electrons. The molecule has 0 unspecified atom stereocenters. The maximum atomic E-state index is 8.58. The minimum atomic E-state index is -4.08. The summed E-state index contributed by atoms with van der Waals surface area (Å²) in [5, 5.41) is 0. The summed E-state index contributed by atoms with van der Waals surface area (Å²) in [6, 6.07) is 0. The summed E-state index contributed by atoms with van der Waals surface area (Å²) in [5.74, 6) is 0. The fraction of sp³-hybridized carbons (Fsp3) is 0. The normalized spacial score (nSPS) is 5.72. The Morgan fingerprint density at radius 2 is 0.180 bits per heavy atom. The molecule has 0 aromatic rings. The maximum absolute atomic E-state index is 8.58.